The van der Waals surface area contributed by atoms with Crippen molar-refractivity contribution in [1.82, 2.24) is 0 Å². The molecule has 0 rings (SSSR count). The van der Waals surface area contributed by atoms with E-state index in [1.165, 1.54) is 6.92 Å². The summed E-state index contributed by atoms with van der Waals surface area (Å²) in [6.45, 7) is 6.82. The van der Waals surface area contributed by atoms with Crippen LogP contribution in [-0.4, -0.2) is 12.5 Å². The molecule has 0 heterocycles. The molecule has 0 aliphatic carbocycles. The maximum Gasteiger partial charge on any atom is 0.339 e. The maximum absolute atomic E-state index is 10.6. The van der Waals surface area contributed by atoms with Crippen LogP contribution >= 0.6 is 0 Å². The molecule has 0 saturated carbocycles. The molecular weight excluding hydrogens is 118 g/mol. The summed E-state index contributed by atoms with van der Waals surface area (Å²) in [5, 5.41) is 10.2. The van der Waals surface area contributed by atoms with Crippen molar-refractivity contribution < 1.29 is 9.86 Å². The Balaban J connectivity index is 3.88. The molecular formula is C6H11NO2. The van der Waals surface area contributed by atoms with Gasteiger partial charge in [0.05, 0.1) is 6.54 Å². The quantitative estimate of drug-likeness (QED) is 0.403. The van der Waals surface area contributed by atoms with Crippen molar-refractivity contribution in [2.24, 2.45) is 0 Å². The number of hydrogen-bond acceptors (Lipinski definition) is 2. The maximum atomic E-state index is 10.6. The van der Waals surface area contributed by atoms with E-state index >= 15 is 0 Å². The van der Waals surface area contributed by atoms with Gasteiger partial charge in [-0.2, -0.15) is 0 Å². The smallest absolute Gasteiger partial charge is 0.339 e. The average Bonchev–Trinajstić information content (AvgIpc) is 1.84. The predicted molar refractivity (Wildman–Crippen MR) is 34.7 cm³/mol. The van der Waals surface area contributed by atoms with Crippen LogP contribution in [0.2, 0.25) is 0 Å². The molecule has 52 valence electrons. The Morgan fingerprint density at radius 3 is 2.33 bits per heavy atom. The summed E-state index contributed by atoms with van der Waals surface area (Å²) in [5.74, 6) is -0.447. The lowest BCUT2D eigenvalue weighted by Crippen LogP contribution is -3.09. The fourth-order valence-corrected chi connectivity index (χ4v) is 0.399. The molecule has 0 bridgehead atoms. The second-order valence-electron chi connectivity index (χ2n) is 1.89. The molecule has 0 saturated heterocycles. The Hall–Kier alpha value is -0.670. The zero-order valence-electron chi connectivity index (χ0n) is 5.73. The van der Waals surface area contributed by atoms with Gasteiger partial charge >= 0.3 is 5.91 Å². The molecule has 3 heteroatoms. The first-order valence-corrected chi connectivity index (χ1v) is 2.82. The molecule has 3 nitrogen and oxygen atoms in total. The largest absolute Gasteiger partial charge is 0.626 e. The van der Waals surface area contributed by atoms with Gasteiger partial charge in [-0.15, -0.1) is 0 Å². The van der Waals surface area contributed by atoms with Crippen LogP contribution in [-0.2, 0) is 4.79 Å². The molecule has 1 atom stereocenters. The zero-order chi connectivity index (χ0) is 7.44. The van der Waals surface area contributed by atoms with E-state index in [1.54, 1.807) is 6.92 Å². The number of quaternary nitrogens is 1. The summed E-state index contributed by atoms with van der Waals surface area (Å²) in [6, 6.07) is 0. The highest BCUT2D eigenvalue weighted by atomic mass is 16.5. The molecule has 1 unspecified atom stereocenters. The lowest BCUT2D eigenvalue weighted by atomic mass is 10.3. The van der Waals surface area contributed by atoms with Crippen molar-refractivity contribution in [3.8, 4) is 0 Å². The number of hydrogen-bond donors (Lipinski definition) is 1. The Morgan fingerprint density at radius 1 is 1.78 bits per heavy atom. The van der Waals surface area contributed by atoms with E-state index in [4.69, 9.17) is 0 Å². The van der Waals surface area contributed by atoms with Crippen LogP contribution in [0.1, 0.15) is 13.8 Å². The van der Waals surface area contributed by atoms with Crippen LogP contribution < -0.4 is 5.06 Å². The predicted octanol–water partition coefficient (Wildman–Crippen LogP) is -0.508. The summed E-state index contributed by atoms with van der Waals surface area (Å²) in [4.78, 5) is 10.6. The number of likely N-dealkylation sites (N-methyl/N-ethyl adjacent to an activating group) is 1. The second kappa shape index (κ2) is 3.37. The van der Waals surface area contributed by atoms with Crippen LogP contribution in [0.25, 0.3) is 0 Å². The Labute approximate surface area is 54.5 Å². The van der Waals surface area contributed by atoms with Crippen molar-refractivity contribution in [3.63, 3.8) is 0 Å². The van der Waals surface area contributed by atoms with Gasteiger partial charge in [-0.1, -0.05) is 6.58 Å². The number of carbonyl (C=O) groups is 1. The van der Waals surface area contributed by atoms with E-state index in [1.807, 2.05) is 0 Å². The molecule has 0 spiro atoms. The number of hydroxylamine groups is 2. The topological polar surface area (TPSA) is 44.6 Å². The fraction of sp³-hybridized carbons (Fsp3) is 0.500. The third kappa shape index (κ3) is 2.39. The number of nitrogens with one attached hydrogen (secondary N) is 1. The zero-order valence-corrected chi connectivity index (χ0v) is 5.73. The standard InChI is InChI=1S/C6H11NO2/c1-4-7(9)6(8)5(2)3/h7H,2,4H2,1,3H3. The van der Waals surface area contributed by atoms with Crippen molar-refractivity contribution in [2.75, 3.05) is 6.54 Å². The van der Waals surface area contributed by atoms with Crippen molar-refractivity contribution in [3.05, 3.63) is 17.4 Å². The lowest BCUT2D eigenvalue weighted by molar-refractivity contribution is -0.760. The molecule has 0 aromatic carbocycles. The molecule has 1 amide bonds. The summed E-state index contributed by atoms with van der Waals surface area (Å²) in [7, 11) is 0. The van der Waals surface area contributed by atoms with Gasteiger partial charge in [0.15, 0.2) is 0 Å². The molecule has 0 aliphatic rings. The first-order valence-electron chi connectivity index (χ1n) is 2.82. The van der Waals surface area contributed by atoms with Crippen LogP contribution in [0.4, 0.5) is 0 Å². The highest BCUT2D eigenvalue weighted by Gasteiger charge is 2.07. The normalized spacial score (nSPS) is 12.8. The third-order valence-corrected chi connectivity index (χ3v) is 0.962. The summed E-state index contributed by atoms with van der Waals surface area (Å²) >= 11 is 0. The van der Waals surface area contributed by atoms with Gasteiger partial charge in [-0.05, 0) is 13.8 Å². The highest BCUT2D eigenvalue weighted by Crippen LogP contribution is 1.79. The SMILES string of the molecule is C=C(C)C(=O)[NH+]([O-])CC. The Bertz CT molecular complexity index is 131. The second-order valence-corrected chi connectivity index (χ2v) is 1.89. The van der Waals surface area contributed by atoms with Gasteiger partial charge in [0.25, 0.3) is 0 Å². The minimum absolute atomic E-state index is 0.270. The van der Waals surface area contributed by atoms with Crippen LogP contribution in [0, 0.1) is 5.21 Å². The average molecular weight is 129 g/mol. The van der Waals surface area contributed by atoms with Gasteiger partial charge < -0.3 is 10.3 Å². The first-order chi connectivity index (χ1) is 4.09. The van der Waals surface area contributed by atoms with E-state index in [0.717, 1.165) is 0 Å². The van der Waals surface area contributed by atoms with E-state index in [9.17, 15) is 10.0 Å². The van der Waals surface area contributed by atoms with Crippen molar-refractivity contribution in [1.29, 1.82) is 0 Å². The summed E-state index contributed by atoms with van der Waals surface area (Å²) in [5.41, 5.74) is 0.321. The summed E-state index contributed by atoms with van der Waals surface area (Å²) in [6.07, 6.45) is 0. The number of carbonyl (C=O) groups excluding carboxylic acids is 1. The summed E-state index contributed by atoms with van der Waals surface area (Å²) < 4.78 is 0. The third-order valence-electron chi connectivity index (χ3n) is 0.962. The van der Waals surface area contributed by atoms with Crippen LogP contribution in [0.15, 0.2) is 12.2 Å². The fourth-order valence-electron chi connectivity index (χ4n) is 0.399. The molecule has 0 aromatic heterocycles. The minimum atomic E-state index is -0.447. The van der Waals surface area contributed by atoms with E-state index in [2.05, 4.69) is 6.58 Å². The first kappa shape index (κ1) is 8.33. The molecule has 0 fully saturated rings. The van der Waals surface area contributed by atoms with Gasteiger partial charge in [0.2, 0.25) is 0 Å². The molecule has 0 radical (unpaired) electrons. The van der Waals surface area contributed by atoms with E-state index < -0.39 is 5.91 Å². The Kier molecular flexibility index (Phi) is 3.12. The van der Waals surface area contributed by atoms with Crippen molar-refractivity contribution >= 4 is 5.91 Å². The van der Waals surface area contributed by atoms with Gasteiger partial charge in [0, 0.05) is 5.57 Å². The molecule has 9 heavy (non-hydrogen) atoms. The van der Waals surface area contributed by atoms with Gasteiger partial charge in [-0.3, -0.25) is 0 Å². The van der Waals surface area contributed by atoms with Crippen LogP contribution in [0.5, 0.6) is 0 Å². The molecule has 0 aromatic rings. The lowest BCUT2D eigenvalue weighted by Gasteiger charge is -2.16. The minimum Gasteiger partial charge on any atom is -0.626 e. The van der Waals surface area contributed by atoms with Crippen LogP contribution in [0.3, 0.4) is 0 Å². The monoisotopic (exact) mass is 129 g/mol. The number of amides is 1. The Morgan fingerprint density at radius 2 is 2.22 bits per heavy atom. The number of rotatable bonds is 2. The molecule has 0 aliphatic heterocycles. The molecule has 1 N–H and O–H groups in total. The highest BCUT2D eigenvalue weighted by molar-refractivity contribution is 5.84. The van der Waals surface area contributed by atoms with E-state index in [-0.39, 0.29) is 11.6 Å². The van der Waals surface area contributed by atoms with Gasteiger partial charge in [-0.25, -0.2) is 4.79 Å². The van der Waals surface area contributed by atoms with E-state index in [0.29, 0.717) is 5.57 Å². The van der Waals surface area contributed by atoms with Gasteiger partial charge in [0.1, 0.15) is 0 Å². The van der Waals surface area contributed by atoms with Crippen molar-refractivity contribution in [2.45, 2.75) is 13.8 Å².